The minimum Gasteiger partial charge on any atom is -0.472 e. The zero-order valence-electron chi connectivity index (χ0n) is 14.3. The summed E-state index contributed by atoms with van der Waals surface area (Å²) in [4.78, 5) is 15.0. The van der Waals surface area contributed by atoms with Crippen LogP contribution in [0.25, 0.3) is 0 Å². The molecule has 2 fully saturated rings. The normalized spacial score (nSPS) is 27.0. The Morgan fingerprint density at radius 2 is 2.36 bits per heavy atom. The molecule has 0 radical (unpaired) electrons. The van der Waals surface area contributed by atoms with Crippen LogP contribution in [-0.4, -0.2) is 47.8 Å². The van der Waals surface area contributed by atoms with E-state index in [1.807, 2.05) is 6.07 Å². The van der Waals surface area contributed by atoms with Crippen molar-refractivity contribution in [2.24, 2.45) is 5.92 Å². The van der Waals surface area contributed by atoms with Crippen molar-refractivity contribution in [3.8, 4) is 0 Å². The number of hydrogen-bond donors (Lipinski definition) is 1. The van der Waals surface area contributed by atoms with Gasteiger partial charge >= 0.3 is 0 Å². The maximum absolute atomic E-state index is 12.6. The number of piperidine rings is 1. The van der Waals surface area contributed by atoms with E-state index >= 15 is 0 Å². The lowest BCUT2D eigenvalue weighted by Gasteiger charge is -2.46. The van der Waals surface area contributed by atoms with E-state index in [4.69, 9.17) is 13.7 Å². The average molecular weight is 345 g/mol. The van der Waals surface area contributed by atoms with E-state index in [0.29, 0.717) is 17.2 Å². The van der Waals surface area contributed by atoms with E-state index in [-0.39, 0.29) is 18.1 Å². The second-order valence-corrected chi connectivity index (χ2v) is 6.94. The third-order valence-electron chi connectivity index (χ3n) is 5.14. The van der Waals surface area contributed by atoms with Gasteiger partial charge in [0, 0.05) is 31.8 Å². The molecule has 25 heavy (non-hydrogen) atoms. The van der Waals surface area contributed by atoms with E-state index < -0.39 is 0 Å². The first kappa shape index (κ1) is 16.4. The molecule has 2 aliphatic rings. The highest BCUT2D eigenvalue weighted by atomic mass is 16.5. The molecule has 0 unspecified atom stereocenters. The lowest BCUT2D eigenvalue weighted by Crippen LogP contribution is -2.60. The Morgan fingerprint density at radius 3 is 3.12 bits per heavy atom. The van der Waals surface area contributed by atoms with Gasteiger partial charge in [0.2, 0.25) is 0 Å². The van der Waals surface area contributed by atoms with Crippen molar-refractivity contribution in [3.63, 3.8) is 0 Å². The van der Waals surface area contributed by atoms with Crippen molar-refractivity contribution in [1.82, 2.24) is 15.4 Å². The summed E-state index contributed by atoms with van der Waals surface area (Å²) >= 11 is 0. The Balaban J connectivity index is 1.48. The average Bonchev–Trinajstić information content (AvgIpc) is 3.26. The van der Waals surface area contributed by atoms with Crippen molar-refractivity contribution < 1.29 is 18.5 Å². The predicted molar refractivity (Wildman–Crippen MR) is 88.9 cm³/mol. The minimum atomic E-state index is -0.151. The number of hydrogen-bond acceptors (Lipinski definition) is 6. The second kappa shape index (κ2) is 7.01. The molecule has 2 saturated heterocycles. The van der Waals surface area contributed by atoms with Gasteiger partial charge in [-0.3, -0.25) is 9.69 Å². The van der Waals surface area contributed by atoms with Crippen molar-refractivity contribution in [1.29, 1.82) is 0 Å². The molecule has 3 atom stereocenters. The molecule has 4 rings (SSSR count). The van der Waals surface area contributed by atoms with Crippen LogP contribution in [0.1, 0.15) is 34.5 Å². The van der Waals surface area contributed by atoms with E-state index in [1.54, 1.807) is 19.5 Å². The summed E-state index contributed by atoms with van der Waals surface area (Å²) in [5, 5.41) is 6.84. The Bertz CT molecular complexity index is 712. The van der Waals surface area contributed by atoms with E-state index in [1.165, 1.54) is 6.20 Å². The number of fused-ring (bicyclic) bond motifs is 1. The number of carbonyl (C=O) groups excluding carboxylic acids is 1. The zero-order valence-corrected chi connectivity index (χ0v) is 14.3. The smallest absolute Gasteiger partial charge is 0.256 e. The van der Waals surface area contributed by atoms with Crippen LogP contribution in [0.15, 0.2) is 33.7 Å². The molecule has 1 amide bonds. The molecule has 0 aromatic carbocycles. The first-order valence-electron chi connectivity index (χ1n) is 8.78. The van der Waals surface area contributed by atoms with Crippen LogP contribution in [0, 0.1) is 12.8 Å². The number of rotatable bonds is 4. The van der Waals surface area contributed by atoms with Crippen LogP contribution in [-0.2, 0) is 11.3 Å². The molecule has 134 valence electrons. The zero-order chi connectivity index (χ0) is 17.2. The van der Waals surface area contributed by atoms with Gasteiger partial charge in [-0.2, -0.15) is 0 Å². The summed E-state index contributed by atoms with van der Waals surface area (Å²) < 4.78 is 16.2. The Labute approximate surface area is 146 Å². The molecule has 2 aliphatic heterocycles. The highest BCUT2D eigenvalue weighted by molar-refractivity contribution is 5.95. The Kier molecular flexibility index (Phi) is 4.59. The Hall–Kier alpha value is -2.12. The van der Waals surface area contributed by atoms with Gasteiger partial charge in [0.25, 0.3) is 5.91 Å². The van der Waals surface area contributed by atoms with Gasteiger partial charge < -0.3 is 19.0 Å². The predicted octanol–water partition coefficient (Wildman–Crippen LogP) is 1.99. The van der Waals surface area contributed by atoms with Crippen LogP contribution in [0.2, 0.25) is 0 Å². The highest BCUT2D eigenvalue weighted by Crippen LogP contribution is 2.29. The molecule has 4 heterocycles. The largest absolute Gasteiger partial charge is 0.472 e. The molecule has 0 bridgehead atoms. The van der Waals surface area contributed by atoms with Gasteiger partial charge in [-0.15, -0.1) is 0 Å². The Morgan fingerprint density at radius 1 is 1.44 bits per heavy atom. The quantitative estimate of drug-likeness (QED) is 0.913. The fourth-order valence-electron chi connectivity index (χ4n) is 3.95. The number of aromatic nitrogens is 1. The highest BCUT2D eigenvalue weighted by Gasteiger charge is 2.40. The summed E-state index contributed by atoms with van der Waals surface area (Å²) in [6, 6.07) is 1.94. The molecular formula is C18H23N3O4. The summed E-state index contributed by atoms with van der Waals surface area (Å²) in [5.41, 5.74) is 1.63. The number of furan rings is 1. The number of carbonyl (C=O) groups is 1. The summed E-state index contributed by atoms with van der Waals surface area (Å²) in [6.07, 6.45) is 7.21. The SMILES string of the molecule is Cc1oncc1C(=O)N[C@@H]1CN(Cc2ccoc2)C[C@@H]2CCCO[C@@H]21. The maximum atomic E-state index is 12.6. The third-order valence-corrected chi connectivity index (χ3v) is 5.14. The summed E-state index contributed by atoms with van der Waals surface area (Å²) in [7, 11) is 0. The molecule has 7 heteroatoms. The number of nitrogens with one attached hydrogen (secondary N) is 1. The van der Waals surface area contributed by atoms with Crippen LogP contribution in [0.5, 0.6) is 0 Å². The number of ether oxygens (including phenoxy) is 1. The molecule has 2 aromatic heterocycles. The van der Waals surface area contributed by atoms with Crippen molar-refractivity contribution in [2.45, 2.75) is 38.5 Å². The lowest BCUT2D eigenvalue weighted by molar-refractivity contribution is -0.0848. The minimum absolute atomic E-state index is 0.0484. The van der Waals surface area contributed by atoms with Crippen LogP contribution < -0.4 is 5.32 Å². The third kappa shape index (κ3) is 3.48. The van der Waals surface area contributed by atoms with E-state index in [0.717, 1.165) is 44.6 Å². The van der Waals surface area contributed by atoms with Crippen molar-refractivity contribution in [2.75, 3.05) is 19.7 Å². The van der Waals surface area contributed by atoms with Gasteiger partial charge in [-0.1, -0.05) is 5.16 Å². The van der Waals surface area contributed by atoms with Crippen molar-refractivity contribution >= 4 is 5.91 Å². The summed E-state index contributed by atoms with van der Waals surface area (Å²) in [6.45, 7) is 5.06. The second-order valence-electron chi connectivity index (χ2n) is 6.94. The monoisotopic (exact) mass is 345 g/mol. The summed E-state index contributed by atoms with van der Waals surface area (Å²) in [5.74, 6) is 0.815. The maximum Gasteiger partial charge on any atom is 0.256 e. The molecule has 2 aromatic rings. The van der Waals surface area contributed by atoms with Gasteiger partial charge in [0.15, 0.2) is 0 Å². The molecular weight excluding hydrogens is 322 g/mol. The van der Waals surface area contributed by atoms with Gasteiger partial charge in [0.1, 0.15) is 11.3 Å². The fourth-order valence-corrected chi connectivity index (χ4v) is 3.95. The first-order valence-corrected chi connectivity index (χ1v) is 8.78. The number of aryl methyl sites for hydroxylation is 1. The standard InChI is InChI=1S/C18H23N3O4/c1-12-15(7-19-25-12)18(22)20-16-10-21(8-13-4-6-23-11-13)9-14-3-2-5-24-17(14)16/h4,6-7,11,14,16-17H,2-3,5,8-10H2,1H3,(H,20,22)/t14-,16+,17-/m0/s1. The first-order chi connectivity index (χ1) is 12.2. The topological polar surface area (TPSA) is 80.7 Å². The number of likely N-dealkylation sites (tertiary alicyclic amines) is 1. The molecule has 7 nitrogen and oxygen atoms in total. The van der Waals surface area contributed by atoms with Gasteiger partial charge in [-0.05, 0) is 31.7 Å². The van der Waals surface area contributed by atoms with E-state index in [9.17, 15) is 4.79 Å². The molecule has 0 aliphatic carbocycles. The van der Waals surface area contributed by atoms with Crippen molar-refractivity contribution in [3.05, 3.63) is 41.7 Å². The van der Waals surface area contributed by atoms with Gasteiger partial charge in [0.05, 0.1) is 30.9 Å². The molecule has 1 N–H and O–H groups in total. The lowest BCUT2D eigenvalue weighted by atomic mass is 9.85. The van der Waals surface area contributed by atoms with E-state index in [2.05, 4.69) is 15.4 Å². The number of nitrogens with zero attached hydrogens (tertiary/aromatic N) is 2. The molecule has 0 spiro atoms. The van der Waals surface area contributed by atoms with Crippen LogP contribution in [0.3, 0.4) is 0 Å². The van der Waals surface area contributed by atoms with Gasteiger partial charge in [-0.25, -0.2) is 0 Å². The van der Waals surface area contributed by atoms with Crippen LogP contribution in [0.4, 0.5) is 0 Å². The fraction of sp³-hybridized carbons (Fsp3) is 0.556. The number of amides is 1. The van der Waals surface area contributed by atoms with Crippen LogP contribution >= 0.6 is 0 Å². The molecule has 0 saturated carbocycles.